The maximum absolute atomic E-state index is 10.7. The number of rotatable bonds is 6. The first-order valence-corrected chi connectivity index (χ1v) is 6.41. The van der Waals surface area contributed by atoms with Crippen LogP contribution in [0.5, 0.6) is 0 Å². The van der Waals surface area contributed by atoms with Gasteiger partial charge in [-0.05, 0) is 37.3 Å². The Labute approximate surface area is 107 Å². The Bertz CT molecular complexity index is 413. The van der Waals surface area contributed by atoms with Crippen LogP contribution in [-0.4, -0.2) is 33.9 Å². The average molecular weight is 249 g/mol. The van der Waals surface area contributed by atoms with Crippen LogP contribution in [0.2, 0.25) is 0 Å². The summed E-state index contributed by atoms with van der Waals surface area (Å²) in [5.41, 5.74) is -0.00152. The summed E-state index contributed by atoms with van der Waals surface area (Å²) < 4.78 is 0. The van der Waals surface area contributed by atoms with E-state index in [0.29, 0.717) is 12.0 Å². The van der Waals surface area contributed by atoms with Crippen LogP contribution in [0.25, 0.3) is 0 Å². The maximum atomic E-state index is 10.7. The number of hydrogen-bond donors (Lipinski definition) is 1. The molecular formula is C13H19N3O2. The lowest BCUT2D eigenvalue weighted by molar-refractivity contribution is 0.0689. The molecule has 1 N–H and O–H groups in total. The van der Waals surface area contributed by atoms with Gasteiger partial charge in [0.25, 0.3) is 0 Å². The van der Waals surface area contributed by atoms with Gasteiger partial charge in [-0.3, -0.25) is 0 Å². The van der Waals surface area contributed by atoms with Gasteiger partial charge < -0.3 is 10.0 Å². The number of aromatic carboxylic acids is 1. The summed E-state index contributed by atoms with van der Waals surface area (Å²) in [4.78, 5) is 13.0. The third-order valence-electron chi connectivity index (χ3n) is 3.10. The van der Waals surface area contributed by atoms with E-state index in [1.54, 1.807) is 6.07 Å². The zero-order valence-electron chi connectivity index (χ0n) is 10.8. The van der Waals surface area contributed by atoms with Crippen LogP contribution < -0.4 is 4.90 Å². The van der Waals surface area contributed by atoms with Gasteiger partial charge in [0, 0.05) is 12.6 Å². The topological polar surface area (TPSA) is 66.3 Å². The van der Waals surface area contributed by atoms with Crippen molar-refractivity contribution in [3.8, 4) is 0 Å². The first-order valence-electron chi connectivity index (χ1n) is 6.41. The summed E-state index contributed by atoms with van der Waals surface area (Å²) in [5.74, 6) is 0.412. The minimum atomic E-state index is -1.03. The van der Waals surface area contributed by atoms with E-state index < -0.39 is 5.97 Å². The molecule has 1 aliphatic rings. The molecule has 1 aromatic rings. The van der Waals surface area contributed by atoms with E-state index in [4.69, 9.17) is 5.11 Å². The number of anilines is 1. The summed E-state index contributed by atoms with van der Waals surface area (Å²) >= 11 is 0. The number of carboxylic acid groups (broad SMARTS) is 1. The van der Waals surface area contributed by atoms with Crippen LogP contribution in [0.3, 0.4) is 0 Å². The Kier molecular flexibility index (Phi) is 3.79. The molecule has 0 bridgehead atoms. The second-order valence-corrected chi connectivity index (χ2v) is 5.19. The number of carbonyl (C=O) groups is 1. The molecule has 0 aromatic carbocycles. The van der Waals surface area contributed by atoms with E-state index in [2.05, 4.69) is 28.9 Å². The molecule has 0 saturated heterocycles. The Balaban J connectivity index is 2.07. The van der Waals surface area contributed by atoms with Crippen LogP contribution in [0, 0.1) is 5.92 Å². The van der Waals surface area contributed by atoms with Crippen molar-refractivity contribution in [1.29, 1.82) is 0 Å². The molecule has 5 heteroatoms. The van der Waals surface area contributed by atoms with E-state index in [9.17, 15) is 4.79 Å². The SMILES string of the molecule is CC(C)CCN(c1ccc(C(=O)O)nn1)C1CC1. The molecule has 0 amide bonds. The lowest BCUT2D eigenvalue weighted by Crippen LogP contribution is -2.29. The molecule has 0 unspecified atom stereocenters. The molecule has 0 radical (unpaired) electrons. The molecule has 0 aliphatic heterocycles. The lowest BCUT2D eigenvalue weighted by atomic mass is 10.1. The highest BCUT2D eigenvalue weighted by Crippen LogP contribution is 2.30. The van der Waals surface area contributed by atoms with E-state index in [0.717, 1.165) is 18.8 Å². The molecule has 0 atom stereocenters. The normalized spacial score (nSPS) is 14.8. The lowest BCUT2D eigenvalue weighted by Gasteiger charge is -2.23. The van der Waals surface area contributed by atoms with Crippen LogP contribution in [0.4, 0.5) is 5.82 Å². The molecule has 18 heavy (non-hydrogen) atoms. The van der Waals surface area contributed by atoms with Crippen molar-refractivity contribution in [2.75, 3.05) is 11.4 Å². The van der Waals surface area contributed by atoms with Crippen molar-refractivity contribution in [3.63, 3.8) is 0 Å². The van der Waals surface area contributed by atoms with Gasteiger partial charge in [-0.2, -0.15) is 0 Å². The van der Waals surface area contributed by atoms with E-state index in [-0.39, 0.29) is 5.69 Å². The van der Waals surface area contributed by atoms with Gasteiger partial charge in [-0.15, -0.1) is 10.2 Å². The van der Waals surface area contributed by atoms with Gasteiger partial charge in [0.1, 0.15) is 0 Å². The molecule has 1 saturated carbocycles. The minimum absolute atomic E-state index is 0.00152. The van der Waals surface area contributed by atoms with Crippen molar-refractivity contribution >= 4 is 11.8 Å². The Morgan fingerprint density at radius 3 is 2.61 bits per heavy atom. The van der Waals surface area contributed by atoms with E-state index in [1.165, 1.54) is 18.9 Å². The van der Waals surface area contributed by atoms with Gasteiger partial charge >= 0.3 is 5.97 Å². The summed E-state index contributed by atoms with van der Waals surface area (Å²) in [6, 6.07) is 3.85. The number of carboxylic acids is 1. The third kappa shape index (κ3) is 3.18. The Morgan fingerprint density at radius 2 is 2.17 bits per heavy atom. The molecular weight excluding hydrogens is 230 g/mol. The minimum Gasteiger partial charge on any atom is -0.476 e. The molecule has 1 aromatic heterocycles. The molecule has 0 spiro atoms. The molecule has 1 heterocycles. The average Bonchev–Trinajstić information content (AvgIpc) is 3.14. The fraction of sp³-hybridized carbons (Fsp3) is 0.615. The predicted octanol–water partition coefficient (Wildman–Crippen LogP) is 2.19. The smallest absolute Gasteiger partial charge is 0.356 e. The van der Waals surface area contributed by atoms with Gasteiger partial charge in [-0.1, -0.05) is 13.8 Å². The summed E-state index contributed by atoms with van der Waals surface area (Å²) in [7, 11) is 0. The number of hydrogen-bond acceptors (Lipinski definition) is 4. The molecule has 2 rings (SSSR count). The van der Waals surface area contributed by atoms with Crippen molar-refractivity contribution in [2.45, 2.75) is 39.2 Å². The highest BCUT2D eigenvalue weighted by molar-refractivity contribution is 5.85. The molecule has 1 aliphatic carbocycles. The van der Waals surface area contributed by atoms with Gasteiger partial charge in [0.15, 0.2) is 11.5 Å². The number of aromatic nitrogens is 2. The first-order chi connectivity index (χ1) is 8.58. The standard InChI is InChI=1S/C13H19N3O2/c1-9(2)7-8-16(10-3-4-10)12-6-5-11(13(17)18)14-15-12/h5-6,9-10H,3-4,7-8H2,1-2H3,(H,17,18). The van der Waals surface area contributed by atoms with Crippen molar-refractivity contribution in [1.82, 2.24) is 10.2 Å². The predicted molar refractivity (Wildman–Crippen MR) is 68.8 cm³/mol. The highest BCUT2D eigenvalue weighted by atomic mass is 16.4. The van der Waals surface area contributed by atoms with Gasteiger partial charge in [-0.25, -0.2) is 4.79 Å². The van der Waals surface area contributed by atoms with Crippen LogP contribution in [0.1, 0.15) is 43.6 Å². The van der Waals surface area contributed by atoms with Gasteiger partial charge in [0.05, 0.1) is 0 Å². The van der Waals surface area contributed by atoms with E-state index in [1.807, 2.05) is 0 Å². The second kappa shape index (κ2) is 5.33. The monoisotopic (exact) mass is 249 g/mol. The van der Waals surface area contributed by atoms with Crippen LogP contribution in [0.15, 0.2) is 12.1 Å². The summed E-state index contributed by atoms with van der Waals surface area (Å²) in [5, 5.41) is 16.6. The second-order valence-electron chi connectivity index (χ2n) is 5.19. The quantitative estimate of drug-likeness (QED) is 0.837. The molecule has 1 fully saturated rings. The van der Waals surface area contributed by atoms with Crippen molar-refractivity contribution < 1.29 is 9.90 Å². The van der Waals surface area contributed by atoms with E-state index >= 15 is 0 Å². The third-order valence-corrected chi connectivity index (χ3v) is 3.10. The van der Waals surface area contributed by atoms with Crippen LogP contribution >= 0.6 is 0 Å². The van der Waals surface area contributed by atoms with Gasteiger partial charge in [0.2, 0.25) is 0 Å². The summed E-state index contributed by atoms with van der Waals surface area (Å²) in [6.45, 7) is 5.36. The van der Waals surface area contributed by atoms with Crippen molar-refractivity contribution in [2.24, 2.45) is 5.92 Å². The zero-order valence-corrected chi connectivity index (χ0v) is 10.8. The summed E-state index contributed by atoms with van der Waals surface area (Å²) in [6.07, 6.45) is 3.50. The zero-order chi connectivity index (χ0) is 13.1. The highest BCUT2D eigenvalue weighted by Gasteiger charge is 2.30. The number of nitrogens with zero attached hydrogens (tertiary/aromatic N) is 3. The fourth-order valence-corrected chi connectivity index (χ4v) is 1.86. The molecule has 5 nitrogen and oxygen atoms in total. The van der Waals surface area contributed by atoms with Crippen molar-refractivity contribution in [3.05, 3.63) is 17.8 Å². The Morgan fingerprint density at radius 1 is 1.44 bits per heavy atom. The van der Waals surface area contributed by atoms with Crippen LogP contribution in [-0.2, 0) is 0 Å². The fourth-order valence-electron chi connectivity index (χ4n) is 1.86. The largest absolute Gasteiger partial charge is 0.476 e. The first kappa shape index (κ1) is 12.8. The Hall–Kier alpha value is -1.65. The maximum Gasteiger partial charge on any atom is 0.356 e. The molecule has 98 valence electrons.